The summed E-state index contributed by atoms with van der Waals surface area (Å²) in [6, 6.07) is 8.70. The summed E-state index contributed by atoms with van der Waals surface area (Å²) < 4.78 is 13.6. The molecular formula is C22H22FN3O. The molecule has 3 aromatic rings. The van der Waals surface area contributed by atoms with E-state index in [0.29, 0.717) is 17.5 Å². The summed E-state index contributed by atoms with van der Waals surface area (Å²) in [6.07, 6.45) is 4.76. The number of ketones is 1. The summed E-state index contributed by atoms with van der Waals surface area (Å²) in [5, 5.41) is 3.37. The lowest BCUT2D eigenvalue weighted by atomic mass is 9.76. The molecule has 4 rings (SSSR count). The number of aryl methyl sites for hydroxylation is 1. The van der Waals surface area contributed by atoms with Crippen LogP contribution in [-0.4, -0.2) is 15.8 Å². The molecule has 0 saturated carbocycles. The number of Topliss-reactive ketones (excluding diaryl/α,β-unsaturated/α-hetero) is 1. The fourth-order valence-corrected chi connectivity index (χ4v) is 3.78. The smallest absolute Gasteiger partial charge is 0.167 e. The Bertz CT molecular complexity index is 1020. The lowest BCUT2D eigenvalue weighted by Crippen LogP contribution is -2.26. The van der Waals surface area contributed by atoms with Crippen molar-refractivity contribution < 1.29 is 9.18 Å². The quantitative estimate of drug-likeness (QED) is 0.653. The predicted octanol–water partition coefficient (Wildman–Crippen LogP) is 5.42. The van der Waals surface area contributed by atoms with E-state index in [0.717, 1.165) is 34.7 Å². The van der Waals surface area contributed by atoms with Crippen molar-refractivity contribution in [3.63, 3.8) is 0 Å². The van der Waals surface area contributed by atoms with Crippen molar-refractivity contribution >= 4 is 17.2 Å². The van der Waals surface area contributed by atoms with Crippen molar-refractivity contribution in [2.45, 2.75) is 33.6 Å². The van der Waals surface area contributed by atoms with Gasteiger partial charge in [-0.15, -0.1) is 0 Å². The number of hydrogen-bond acceptors (Lipinski definition) is 3. The van der Waals surface area contributed by atoms with Gasteiger partial charge >= 0.3 is 0 Å². The second-order valence-corrected chi connectivity index (χ2v) is 7.99. The average molecular weight is 363 g/mol. The van der Waals surface area contributed by atoms with Crippen molar-refractivity contribution in [3.05, 3.63) is 65.4 Å². The van der Waals surface area contributed by atoms with Gasteiger partial charge in [0.25, 0.3) is 0 Å². The number of carbonyl (C=O) groups is 1. The zero-order chi connectivity index (χ0) is 19.2. The summed E-state index contributed by atoms with van der Waals surface area (Å²) in [6.45, 7) is 5.94. The molecule has 0 aliphatic heterocycles. The van der Waals surface area contributed by atoms with Gasteiger partial charge in [0.1, 0.15) is 5.82 Å². The lowest BCUT2D eigenvalue weighted by Gasteiger charge is -2.28. The number of nitrogens with one attached hydrogen (secondary N) is 2. The second-order valence-electron chi connectivity index (χ2n) is 7.99. The number of aromatic nitrogens is 2. The Kier molecular flexibility index (Phi) is 4.10. The number of carbonyl (C=O) groups excluding carboxylic acids is 1. The fourth-order valence-electron chi connectivity index (χ4n) is 3.78. The number of rotatable bonds is 3. The number of H-pyrrole nitrogens is 1. The van der Waals surface area contributed by atoms with E-state index in [1.807, 2.05) is 12.1 Å². The number of aromatic amines is 1. The zero-order valence-corrected chi connectivity index (χ0v) is 15.7. The molecule has 0 spiro atoms. The molecule has 1 aromatic carbocycles. The van der Waals surface area contributed by atoms with Crippen LogP contribution in [0.2, 0.25) is 0 Å². The largest absolute Gasteiger partial charge is 0.356 e. The topological polar surface area (TPSA) is 57.8 Å². The molecule has 2 N–H and O–H groups in total. The standard InChI is InChI=1S/C22H22FN3O/c1-13-10-15(4-5-16(13)23)25-21-19-17(11-22(2,3)12-18(19)27)26-20(21)14-6-8-24-9-7-14/h4-10,25-26H,11-12H2,1-3H3. The molecule has 1 aliphatic carbocycles. The van der Waals surface area contributed by atoms with Crippen molar-refractivity contribution in [2.24, 2.45) is 5.41 Å². The van der Waals surface area contributed by atoms with E-state index in [4.69, 9.17) is 0 Å². The van der Waals surface area contributed by atoms with Crippen LogP contribution < -0.4 is 5.32 Å². The molecule has 0 atom stereocenters. The normalized spacial score (nSPS) is 15.5. The molecule has 0 radical (unpaired) electrons. The zero-order valence-electron chi connectivity index (χ0n) is 15.7. The highest BCUT2D eigenvalue weighted by atomic mass is 19.1. The summed E-state index contributed by atoms with van der Waals surface area (Å²) in [5.41, 5.74) is 5.46. The van der Waals surface area contributed by atoms with Crippen LogP contribution in [0.1, 0.15) is 41.9 Å². The van der Waals surface area contributed by atoms with Crippen LogP contribution in [0.4, 0.5) is 15.8 Å². The average Bonchev–Trinajstić information content (AvgIpc) is 2.96. The first-order chi connectivity index (χ1) is 12.8. The van der Waals surface area contributed by atoms with Crippen molar-refractivity contribution in [3.8, 4) is 11.3 Å². The third kappa shape index (κ3) is 3.25. The first-order valence-electron chi connectivity index (χ1n) is 9.06. The molecule has 0 saturated heterocycles. The molecule has 2 aromatic heterocycles. The van der Waals surface area contributed by atoms with Gasteiger partial charge in [0.05, 0.1) is 16.9 Å². The van der Waals surface area contributed by atoms with Gasteiger partial charge in [0.15, 0.2) is 5.78 Å². The van der Waals surface area contributed by atoms with Crippen LogP contribution in [0.25, 0.3) is 11.3 Å². The van der Waals surface area contributed by atoms with E-state index in [2.05, 4.69) is 29.1 Å². The maximum Gasteiger partial charge on any atom is 0.167 e. The fraction of sp³-hybridized carbons (Fsp3) is 0.273. The van der Waals surface area contributed by atoms with Gasteiger partial charge in [-0.2, -0.15) is 0 Å². The Hall–Kier alpha value is -2.95. The SMILES string of the molecule is Cc1cc(Nc2c(-c3ccncc3)[nH]c3c2C(=O)CC(C)(C)C3)ccc1F. The van der Waals surface area contributed by atoms with Gasteiger partial charge in [-0.25, -0.2) is 4.39 Å². The maximum atomic E-state index is 13.6. The number of halogens is 1. The monoisotopic (exact) mass is 363 g/mol. The molecule has 5 heteroatoms. The number of hydrogen-bond donors (Lipinski definition) is 2. The van der Waals surface area contributed by atoms with Crippen LogP contribution >= 0.6 is 0 Å². The number of pyridine rings is 1. The molecule has 1 aliphatic rings. The highest BCUT2D eigenvalue weighted by Crippen LogP contribution is 2.43. The molecule has 27 heavy (non-hydrogen) atoms. The molecule has 2 heterocycles. The summed E-state index contributed by atoms with van der Waals surface area (Å²) in [4.78, 5) is 20.5. The highest BCUT2D eigenvalue weighted by molar-refractivity contribution is 6.07. The number of fused-ring (bicyclic) bond motifs is 1. The lowest BCUT2D eigenvalue weighted by molar-refractivity contribution is 0.0912. The molecule has 0 fully saturated rings. The van der Waals surface area contributed by atoms with E-state index in [1.54, 1.807) is 31.5 Å². The van der Waals surface area contributed by atoms with Crippen LogP contribution in [0, 0.1) is 18.2 Å². The first-order valence-corrected chi connectivity index (χ1v) is 9.06. The van der Waals surface area contributed by atoms with Crippen molar-refractivity contribution in [1.82, 2.24) is 9.97 Å². The summed E-state index contributed by atoms with van der Waals surface area (Å²) in [5.74, 6) is -0.122. The molecule has 0 bridgehead atoms. The van der Waals surface area contributed by atoms with Gasteiger partial charge in [-0.05, 0) is 54.7 Å². The van der Waals surface area contributed by atoms with Crippen LogP contribution in [-0.2, 0) is 6.42 Å². The Morgan fingerprint density at radius 3 is 2.59 bits per heavy atom. The van der Waals surface area contributed by atoms with Gasteiger partial charge in [-0.3, -0.25) is 9.78 Å². The minimum absolute atomic E-state index is 0.0752. The Morgan fingerprint density at radius 1 is 1.15 bits per heavy atom. The van der Waals surface area contributed by atoms with E-state index >= 15 is 0 Å². The van der Waals surface area contributed by atoms with Crippen molar-refractivity contribution in [2.75, 3.05) is 5.32 Å². The number of benzene rings is 1. The van der Waals surface area contributed by atoms with Crippen molar-refractivity contribution in [1.29, 1.82) is 0 Å². The first kappa shape index (κ1) is 17.5. The summed E-state index contributed by atoms with van der Waals surface area (Å²) in [7, 11) is 0. The number of nitrogens with zero attached hydrogens (tertiary/aromatic N) is 1. The molecule has 0 unspecified atom stereocenters. The van der Waals surface area contributed by atoms with Crippen LogP contribution in [0.5, 0.6) is 0 Å². The highest BCUT2D eigenvalue weighted by Gasteiger charge is 2.35. The third-order valence-corrected chi connectivity index (χ3v) is 5.05. The van der Waals surface area contributed by atoms with Gasteiger partial charge in [0, 0.05) is 35.8 Å². The third-order valence-electron chi connectivity index (χ3n) is 5.05. The predicted molar refractivity (Wildman–Crippen MR) is 105 cm³/mol. The van der Waals surface area contributed by atoms with Crippen LogP contribution in [0.3, 0.4) is 0 Å². The number of anilines is 2. The molecule has 4 nitrogen and oxygen atoms in total. The van der Waals surface area contributed by atoms with E-state index in [-0.39, 0.29) is 17.0 Å². The minimum Gasteiger partial charge on any atom is -0.356 e. The van der Waals surface area contributed by atoms with Gasteiger partial charge in [0.2, 0.25) is 0 Å². The maximum absolute atomic E-state index is 13.6. The Balaban J connectivity index is 1.87. The van der Waals surface area contributed by atoms with Gasteiger partial charge < -0.3 is 10.3 Å². The molecule has 138 valence electrons. The van der Waals surface area contributed by atoms with E-state index < -0.39 is 0 Å². The van der Waals surface area contributed by atoms with Crippen LogP contribution in [0.15, 0.2) is 42.7 Å². The Labute approximate surface area is 157 Å². The van der Waals surface area contributed by atoms with Gasteiger partial charge in [-0.1, -0.05) is 13.8 Å². The second kappa shape index (κ2) is 6.34. The Morgan fingerprint density at radius 2 is 1.89 bits per heavy atom. The van der Waals surface area contributed by atoms with E-state index in [9.17, 15) is 9.18 Å². The van der Waals surface area contributed by atoms with E-state index in [1.165, 1.54) is 6.07 Å². The minimum atomic E-state index is -0.246. The summed E-state index contributed by atoms with van der Waals surface area (Å²) >= 11 is 0. The molecular weight excluding hydrogens is 341 g/mol. The molecule has 0 amide bonds.